The molecule has 0 radical (unpaired) electrons. The lowest BCUT2D eigenvalue weighted by molar-refractivity contribution is -0.116. The summed E-state index contributed by atoms with van der Waals surface area (Å²) < 4.78 is 0. The number of carbonyl (C=O) groups excluding carboxylic acids is 1. The standard InChI is InChI=1S/C11H18N2O.ClH/c14-11(5-9-3-1-2-4-9)13-8-10-6-12-7-10;/h5,10,12H,1-4,6-8H2,(H,13,14);1H. The lowest BCUT2D eigenvalue weighted by atomic mass is 10.0. The summed E-state index contributed by atoms with van der Waals surface area (Å²) in [6, 6.07) is 0. The summed E-state index contributed by atoms with van der Waals surface area (Å²) in [4.78, 5) is 11.4. The van der Waals surface area contributed by atoms with Gasteiger partial charge in [-0.25, -0.2) is 0 Å². The molecule has 0 bridgehead atoms. The molecule has 1 saturated heterocycles. The Bertz CT molecular complexity index is 241. The van der Waals surface area contributed by atoms with E-state index in [0.717, 1.165) is 32.5 Å². The van der Waals surface area contributed by atoms with Crippen molar-refractivity contribution < 1.29 is 4.79 Å². The van der Waals surface area contributed by atoms with E-state index in [4.69, 9.17) is 0 Å². The third-order valence-corrected chi connectivity index (χ3v) is 3.01. The largest absolute Gasteiger partial charge is 0.352 e. The predicted molar refractivity (Wildman–Crippen MR) is 63.2 cm³/mol. The van der Waals surface area contributed by atoms with Gasteiger partial charge >= 0.3 is 0 Å². The van der Waals surface area contributed by atoms with Crippen LogP contribution in [-0.2, 0) is 4.79 Å². The summed E-state index contributed by atoms with van der Waals surface area (Å²) in [6.45, 7) is 2.93. The highest BCUT2D eigenvalue weighted by molar-refractivity contribution is 5.88. The van der Waals surface area contributed by atoms with Gasteiger partial charge in [0.2, 0.25) is 5.91 Å². The van der Waals surface area contributed by atoms with Gasteiger partial charge in [0.15, 0.2) is 0 Å². The normalized spacial score (nSPS) is 20.4. The number of hydrogen-bond acceptors (Lipinski definition) is 2. The van der Waals surface area contributed by atoms with E-state index in [2.05, 4.69) is 10.6 Å². The molecule has 15 heavy (non-hydrogen) atoms. The van der Waals surface area contributed by atoms with Crippen molar-refractivity contribution in [3.8, 4) is 0 Å². The van der Waals surface area contributed by atoms with E-state index in [9.17, 15) is 4.79 Å². The number of allylic oxidation sites excluding steroid dienone is 1. The fourth-order valence-electron chi connectivity index (χ4n) is 1.95. The monoisotopic (exact) mass is 230 g/mol. The Morgan fingerprint density at radius 3 is 2.60 bits per heavy atom. The average Bonchev–Trinajstić information content (AvgIpc) is 2.54. The topological polar surface area (TPSA) is 41.1 Å². The van der Waals surface area contributed by atoms with Crippen LogP contribution in [0.2, 0.25) is 0 Å². The van der Waals surface area contributed by atoms with Gasteiger partial charge < -0.3 is 10.6 Å². The maximum atomic E-state index is 11.4. The van der Waals surface area contributed by atoms with Gasteiger partial charge in [-0.05, 0) is 25.7 Å². The first-order valence-corrected chi connectivity index (χ1v) is 5.52. The molecule has 1 saturated carbocycles. The molecule has 1 aliphatic heterocycles. The molecular weight excluding hydrogens is 212 g/mol. The van der Waals surface area contributed by atoms with E-state index in [1.165, 1.54) is 18.4 Å². The van der Waals surface area contributed by atoms with Crippen LogP contribution < -0.4 is 10.6 Å². The van der Waals surface area contributed by atoms with Crippen LogP contribution in [0, 0.1) is 5.92 Å². The zero-order valence-electron chi connectivity index (χ0n) is 8.92. The van der Waals surface area contributed by atoms with Crippen LogP contribution in [-0.4, -0.2) is 25.5 Å². The summed E-state index contributed by atoms with van der Waals surface area (Å²) in [7, 11) is 0. The van der Waals surface area contributed by atoms with Crippen molar-refractivity contribution in [3.05, 3.63) is 11.6 Å². The summed E-state index contributed by atoms with van der Waals surface area (Å²) in [5.41, 5.74) is 1.33. The zero-order chi connectivity index (χ0) is 9.80. The Kier molecular flexibility index (Phi) is 5.12. The zero-order valence-corrected chi connectivity index (χ0v) is 9.74. The summed E-state index contributed by atoms with van der Waals surface area (Å²) >= 11 is 0. The summed E-state index contributed by atoms with van der Waals surface area (Å²) in [6.07, 6.45) is 6.56. The number of rotatable bonds is 3. The molecule has 0 spiro atoms. The first-order chi connectivity index (χ1) is 6.84. The Labute approximate surface area is 97.1 Å². The molecule has 86 valence electrons. The van der Waals surface area contributed by atoms with E-state index in [0.29, 0.717) is 5.92 Å². The second-order valence-electron chi connectivity index (χ2n) is 4.28. The van der Waals surface area contributed by atoms with Gasteiger partial charge in [-0.1, -0.05) is 5.57 Å². The molecule has 0 unspecified atom stereocenters. The molecule has 0 aromatic rings. The Hall–Kier alpha value is -0.540. The van der Waals surface area contributed by atoms with Gasteiger partial charge in [0.1, 0.15) is 0 Å². The number of halogens is 1. The van der Waals surface area contributed by atoms with Crippen LogP contribution in [0.4, 0.5) is 0 Å². The fourth-order valence-corrected chi connectivity index (χ4v) is 1.95. The number of carbonyl (C=O) groups is 1. The second-order valence-corrected chi connectivity index (χ2v) is 4.28. The maximum Gasteiger partial charge on any atom is 0.243 e. The first kappa shape index (κ1) is 12.5. The Balaban J connectivity index is 0.00000112. The predicted octanol–water partition coefficient (Wildman–Crippen LogP) is 1.24. The van der Waals surface area contributed by atoms with E-state index in [1.54, 1.807) is 6.08 Å². The minimum atomic E-state index is 0. The molecule has 0 aromatic carbocycles. The van der Waals surface area contributed by atoms with Crippen molar-refractivity contribution in [1.82, 2.24) is 10.6 Å². The summed E-state index contributed by atoms with van der Waals surface area (Å²) in [5, 5.41) is 6.15. The highest BCUT2D eigenvalue weighted by atomic mass is 35.5. The van der Waals surface area contributed by atoms with E-state index >= 15 is 0 Å². The average molecular weight is 231 g/mol. The molecule has 2 aliphatic rings. The minimum absolute atomic E-state index is 0. The molecule has 1 aliphatic carbocycles. The van der Waals surface area contributed by atoms with Crippen molar-refractivity contribution in [1.29, 1.82) is 0 Å². The van der Waals surface area contributed by atoms with Crippen LogP contribution in [0.25, 0.3) is 0 Å². The van der Waals surface area contributed by atoms with Gasteiger partial charge in [0, 0.05) is 31.6 Å². The number of nitrogens with one attached hydrogen (secondary N) is 2. The van der Waals surface area contributed by atoms with Crippen LogP contribution in [0.3, 0.4) is 0 Å². The number of hydrogen-bond donors (Lipinski definition) is 2. The third kappa shape index (κ3) is 3.84. The van der Waals surface area contributed by atoms with Gasteiger partial charge in [-0.3, -0.25) is 4.79 Å². The quantitative estimate of drug-likeness (QED) is 0.717. The first-order valence-electron chi connectivity index (χ1n) is 5.52. The SMILES string of the molecule is Cl.O=C(C=C1CCCC1)NCC1CNC1. The second kappa shape index (κ2) is 6.13. The van der Waals surface area contributed by atoms with E-state index in [-0.39, 0.29) is 18.3 Å². The van der Waals surface area contributed by atoms with E-state index in [1.807, 2.05) is 0 Å². The van der Waals surface area contributed by atoms with Gasteiger partial charge in [0.05, 0.1) is 0 Å². The fraction of sp³-hybridized carbons (Fsp3) is 0.727. The van der Waals surface area contributed by atoms with Crippen molar-refractivity contribution in [3.63, 3.8) is 0 Å². The molecule has 0 atom stereocenters. The maximum absolute atomic E-state index is 11.4. The lowest BCUT2D eigenvalue weighted by Crippen LogP contribution is -2.48. The van der Waals surface area contributed by atoms with Crippen LogP contribution in [0.5, 0.6) is 0 Å². The molecule has 4 heteroatoms. The molecule has 1 amide bonds. The van der Waals surface area contributed by atoms with Crippen LogP contribution in [0.1, 0.15) is 25.7 Å². The van der Waals surface area contributed by atoms with E-state index < -0.39 is 0 Å². The third-order valence-electron chi connectivity index (χ3n) is 3.01. The minimum Gasteiger partial charge on any atom is -0.352 e. The Morgan fingerprint density at radius 1 is 1.40 bits per heavy atom. The van der Waals surface area contributed by atoms with Crippen molar-refractivity contribution in [2.24, 2.45) is 5.92 Å². The number of amides is 1. The molecular formula is C11H19ClN2O. The Morgan fingerprint density at radius 2 is 2.07 bits per heavy atom. The summed E-state index contributed by atoms with van der Waals surface area (Å²) in [5.74, 6) is 0.759. The molecule has 2 N–H and O–H groups in total. The van der Waals surface area contributed by atoms with Gasteiger partial charge in [-0.15, -0.1) is 12.4 Å². The molecule has 2 rings (SSSR count). The van der Waals surface area contributed by atoms with Crippen LogP contribution in [0.15, 0.2) is 11.6 Å². The highest BCUT2D eigenvalue weighted by Gasteiger charge is 2.16. The lowest BCUT2D eigenvalue weighted by Gasteiger charge is -2.26. The van der Waals surface area contributed by atoms with Crippen molar-refractivity contribution >= 4 is 18.3 Å². The smallest absolute Gasteiger partial charge is 0.243 e. The molecule has 0 aromatic heterocycles. The van der Waals surface area contributed by atoms with Gasteiger partial charge in [-0.2, -0.15) is 0 Å². The van der Waals surface area contributed by atoms with Crippen molar-refractivity contribution in [2.45, 2.75) is 25.7 Å². The van der Waals surface area contributed by atoms with Crippen molar-refractivity contribution in [2.75, 3.05) is 19.6 Å². The molecule has 2 fully saturated rings. The van der Waals surface area contributed by atoms with Crippen LogP contribution >= 0.6 is 12.4 Å². The van der Waals surface area contributed by atoms with Gasteiger partial charge in [0.25, 0.3) is 0 Å². The highest BCUT2D eigenvalue weighted by Crippen LogP contribution is 2.23. The molecule has 3 nitrogen and oxygen atoms in total. The molecule has 1 heterocycles.